The molecule has 1 aromatic rings. The number of aryl methyl sites for hydroxylation is 1. The predicted molar refractivity (Wildman–Crippen MR) is 60.9 cm³/mol. The number of rotatable bonds is 3. The molecule has 1 aliphatic carbocycles. The summed E-state index contributed by atoms with van der Waals surface area (Å²) >= 11 is 1.90. The monoisotopic (exact) mass is 210 g/mol. The molecule has 14 heavy (non-hydrogen) atoms. The summed E-state index contributed by atoms with van der Waals surface area (Å²) in [6.45, 7) is 4.33. The highest BCUT2D eigenvalue weighted by atomic mass is 32.1. The summed E-state index contributed by atoms with van der Waals surface area (Å²) in [5.41, 5.74) is 1.22. The van der Waals surface area contributed by atoms with E-state index in [2.05, 4.69) is 24.1 Å². The minimum absolute atomic E-state index is 0.446. The number of hydrogen-bond acceptors (Lipinski definition) is 3. The fourth-order valence-electron chi connectivity index (χ4n) is 1.79. The van der Waals surface area contributed by atoms with Gasteiger partial charge in [-0.25, -0.2) is 4.98 Å². The molecule has 78 valence electrons. The van der Waals surface area contributed by atoms with Gasteiger partial charge in [0, 0.05) is 16.8 Å². The fourth-order valence-corrected chi connectivity index (χ4v) is 3.09. The lowest BCUT2D eigenvalue weighted by atomic mass is 9.86. The van der Waals surface area contributed by atoms with E-state index >= 15 is 0 Å². The second kappa shape index (κ2) is 3.99. The minimum Gasteiger partial charge on any atom is -0.312 e. The Morgan fingerprint density at radius 3 is 2.71 bits per heavy atom. The number of nitrogens with one attached hydrogen (secondary N) is 1. The van der Waals surface area contributed by atoms with E-state index in [-0.39, 0.29) is 0 Å². The summed E-state index contributed by atoms with van der Waals surface area (Å²) in [7, 11) is 2.01. The summed E-state index contributed by atoms with van der Waals surface area (Å²) in [4.78, 5) is 6.09. The van der Waals surface area contributed by atoms with Gasteiger partial charge >= 0.3 is 0 Å². The quantitative estimate of drug-likeness (QED) is 0.829. The van der Waals surface area contributed by atoms with Crippen LogP contribution in [0.15, 0.2) is 0 Å². The van der Waals surface area contributed by atoms with Gasteiger partial charge in [-0.2, -0.15) is 0 Å². The molecule has 1 aliphatic rings. The molecular weight excluding hydrogens is 192 g/mol. The summed E-state index contributed by atoms with van der Waals surface area (Å²) in [6, 6.07) is 0.446. The van der Waals surface area contributed by atoms with Crippen molar-refractivity contribution < 1.29 is 0 Å². The van der Waals surface area contributed by atoms with Crippen molar-refractivity contribution in [1.29, 1.82) is 0 Å². The van der Waals surface area contributed by atoms with Gasteiger partial charge < -0.3 is 5.32 Å². The Hall–Kier alpha value is -0.410. The van der Waals surface area contributed by atoms with Crippen molar-refractivity contribution in [3.63, 3.8) is 0 Å². The zero-order chi connectivity index (χ0) is 10.1. The average molecular weight is 210 g/mol. The highest BCUT2D eigenvalue weighted by Gasteiger charge is 2.24. The number of aromatic nitrogens is 1. The van der Waals surface area contributed by atoms with Gasteiger partial charge in [0.2, 0.25) is 0 Å². The Balaban J connectivity index is 2.20. The van der Waals surface area contributed by atoms with Gasteiger partial charge in [-0.15, -0.1) is 11.3 Å². The third kappa shape index (κ3) is 1.71. The number of nitrogens with zero attached hydrogens (tertiary/aromatic N) is 1. The fraction of sp³-hybridized carbons (Fsp3) is 0.727. The van der Waals surface area contributed by atoms with Crippen molar-refractivity contribution in [2.45, 2.75) is 45.1 Å². The van der Waals surface area contributed by atoms with Gasteiger partial charge in [-0.3, -0.25) is 0 Å². The van der Waals surface area contributed by atoms with Gasteiger partial charge in [-0.1, -0.05) is 6.42 Å². The molecule has 0 aromatic carbocycles. The normalized spacial score (nSPS) is 19.4. The average Bonchev–Trinajstić information content (AvgIpc) is 2.43. The molecule has 2 nitrogen and oxygen atoms in total. The first-order valence-corrected chi connectivity index (χ1v) is 6.18. The molecule has 0 spiro atoms. The Morgan fingerprint density at radius 1 is 1.50 bits per heavy atom. The maximum Gasteiger partial charge on any atom is 0.0962 e. The van der Waals surface area contributed by atoms with E-state index in [1.165, 1.54) is 34.8 Å². The van der Waals surface area contributed by atoms with Gasteiger partial charge in [-0.05, 0) is 33.7 Å². The zero-order valence-electron chi connectivity index (χ0n) is 9.13. The molecule has 1 N–H and O–H groups in total. The molecule has 2 rings (SSSR count). The molecule has 1 heterocycles. The van der Waals surface area contributed by atoms with Crippen LogP contribution in [0.2, 0.25) is 0 Å². The van der Waals surface area contributed by atoms with E-state index in [4.69, 9.17) is 0 Å². The largest absolute Gasteiger partial charge is 0.312 e. The summed E-state index contributed by atoms with van der Waals surface area (Å²) < 4.78 is 0. The highest BCUT2D eigenvalue weighted by Crippen LogP contribution is 2.40. The van der Waals surface area contributed by atoms with Crippen LogP contribution in [0.25, 0.3) is 0 Å². The van der Waals surface area contributed by atoms with Crippen LogP contribution in [-0.4, -0.2) is 12.0 Å². The Bertz CT molecular complexity index is 315. The van der Waals surface area contributed by atoms with Crippen LogP contribution in [0, 0.1) is 6.92 Å². The molecule has 1 fully saturated rings. The molecule has 0 amide bonds. The Morgan fingerprint density at radius 2 is 2.21 bits per heavy atom. The summed E-state index contributed by atoms with van der Waals surface area (Å²) in [5.74, 6) is 0.775. The first kappa shape index (κ1) is 10.1. The van der Waals surface area contributed by atoms with E-state index in [0.717, 1.165) is 5.92 Å². The minimum atomic E-state index is 0.446. The van der Waals surface area contributed by atoms with E-state index < -0.39 is 0 Å². The maximum absolute atomic E-state index is 4.68. The van der Waals surface area contributed by atoms with Crippen LogP contribution in [0.3, 0.4) is 0 Å². The third-order valence-electron chi connectivity index (χ3n) is 3.13. The lowest BCUT2D eigenvalue weighted by molar-refractivity contribution is 0.418. The SMILES string of the molecule is CNC(C)c1sc(C2CCC2)nc1C. The third-order valence-corrected chi connectivity index (χ3v) is 4.63. The predicted octanol–water partition coefficient (Wildman–Crippen LogP) is 3.00. The molecule has 0 bridgehead atoms. The lowest BCUT2D eigenvalue weighted by Crippen LogP contribution is -2.11. The molecule has 1 atom stereocenters. The van der Waals surface area contributed by atoms with Crippen molar-refractivity contribution in [3.05, 3.63) is 15.6 Å². The molecule has 3 heteroatoms. The molecule has 0 aliphatic heterocycles. The second-order valence-electron chi connectivity index (χ2n) is 4.14. The first-order chi connectivity index (χ1) is 6.72. The van der Waals surface area contributed by atoms with Crippen LogP contribution in [0.1, 0.15) is 53.7 Å². The van der Waals surface area contributed by atoms with Gasteiger partial charge in [0.05, 0.1) is 10.7 Å². The molecule has 0 saturated heterocycles. The van der Waals surface area contributed by atoms with Gasteiger partial charge in [0.1, 0.15) is 0 Å². The van der Waals surface area contributed by atoms with Crippen molar-refractivity contribution >= 4 is 11.3 Å². The number of hydrogen-bond donors (Lipinski definition) is 1. The molecular formula is C11H18N2S. The van der Waals surface area contributed by atoms with E-state index in [1.54, 1.807) is 0 Å². The van der Waals surface area contributed by atoms with Crippen molar-refractivity contribution in [2.75, 3.05) is 7.05 Å². The van der Waals surface area contributed by atoms with Gasteiger partial charge in [0.25, 0.3) is 0 Å². The Kier molecular flexibility index (Phi) is 2.88. The van der Waals surface area contributed by atoms with Crippen molar-refractivity contribution in [2.24, 2.45) is 0 Å². The molecule has 1 saturated carbocycles. The highest BCUT2D eigenvalue weighted by molar-refractivity contribution is 7.11. The van der Waals surface area contributed by atoms with Crippen LogP contribution in [0.5, 0.6) is 0 Å². The van der Waals surface area contributed by atoms with Crippen LogP contribution < -0.4 is 5.32 Å². The lowest BCUT2D eigenvalue weighted by Gasteiger charge is -2.22. The van der Waals surface area contributed by atoms with E-state index in [0.29, 0.717) is 6.04 Å². The van der Waals surface area contributed by atoms with E-state index in [9.17, 15) is 0 Å². The standard InChI is InChI=1S/C11H18N2S/c1-7(12-3)10-8(2)13-11(14-10)9-5-4-6-9/h7,9,12H,4-6H2,1-3H3. The number of thiazole rings is 1. The maximum atomic E-state index is 4.68. The van der Waals surface area contributed by atoms with Crippen LogP contribution >= 0.6 is 11.3 Å². The van der Waals surface area contributed by atoms with Crippen LogP contribution in [-0.2, 0) is 0 Å². The topological polar surface area (TPSA) is 24.9 Å². The first-order valence-electron chi connectivity index (χ1n) is 5.37. The zero-order valence-corrected chi connectivity index (χ0v) is 9.95. The smallest absolute Gasteiger partial charge is 0.0962 e. The molecule has 1 aromatic heterocycles. The van der Waals surface area contributed by atoms with E-state index in [1.807, 2.05) is 18.4 Å². The Labute approximate surface area is 89.8 Å². The molecule has 1 unspecified atom stereocenters. The van der Waals surface area contributed by atoms with Crippen LogP contribution in [0.4, 0.5) is 0 Å². The summed E-state index contributed by atoms with van der Waals surface area (Å²) in [5, 5.41) is 4.65. The van der Waals surface area contributed by atoms with Crippen molar-refractivity contribution in [1.82, 2.24) is 10.3 Å². The second-order valence-corrected chi connectivity index (χ2v) is 5.20. The summed E-state index contributed by atoms with van der Waals surface area (Å²) in [6.07, 6.45) is 4.08. The molecule has 0 radical (unpaired) electrons. The van der Waals surface area contributed by atoms with Gasteiger partial charge in [0.15, 0.2) is 0 Å². The van der Waals surface area contributed by atoms with Crippen molar-refractivity contribution in [3.8, 4) is 0 Å².